The molecule has 24 heavy (non-hydrogen) atoms. The van der Waals surface area contributed by atoms with Crippen LogP contribution in [0, 0.1) is 11.8 Å². The van der Waals surface area contributed by atoms with Gasteiger partial charge in [0.05, 0.1) is 17.4 Å². The molecule has 0 radical (unpaired) electrons. The van der Waals surface area contributed by atoms with Crippen LogP contribution in [0.5, 0.6) is 0 Å². The Morgan fingerprint density at radius 3 is 2.46 bits per heavy atom. The molecule has 4 N–H and O–H groups in total. The number of nitrogen functional groups attached to an aromatic ring is 1. The van der Waals surface area contributed by atoms with E-state index in [1.54, 1.807) is 0 Å². The smallest absolute Gasteiger partial charge is 0.252 e. The minimum atomic E-state index is -0.488. The van der Waals surface area contributed by atoms with Crippen LogP contribution in [0.1, 0.15) is 67.9 Å². The minimum absolute atomic E-state index is 0.197. The van der Waals surface area contributed by atoms with E-state index in [1.165, 1.54) is 51.1 Å². The Balaban J connectivity index is 0.000000219. The largest absolute Gasteiger partial charge is 0.381 e. The molecule has 1 amide bonds. The average Bonchev–Trinajstić information content (AvgIpc) is 3.41. The van der Waals surface area contributed by atoms with Crippen molar-refractivity contribution in [2.24, 2.45) is 17.6 Å². The Morgan fingerprint density at radius 1 is 1.29 bits per heavy atom. The number of amides is 1. The van der Waals surface area contributed by atoms with E-state index >= 15 is 0 Å². The van der Waals surface area contributed by atoms with Gasteiger partial charge in [0.15, 0.2) is 0 Å². The molecule has 2 saturated carbocycles. The number of methoxy groups -OCH3 is 1. The molecule has 0 unspecified atom stereocenters. The van der Waals surface area contributed by atoms with Crippen LogP contribution >= 0.6 is 0 Å². The molecule has 0 spiro atoms. The van der Waals surface area contributed by atoms with Gasteiger partial charge in [-0.1, -0.05) is 26.2 Å². The van der Waals surface area contributed by atoms with Gasteiger partial charge in [-0.25, -0.2) is 9.97 Å². The van der Waals surface area contributed by atoms with Crippen LogP contribution in [0.15, 0.2) is 6.20 Å². The minimum Gasteiger partial charge on any atom is -0.381 e. The zero-order valence-corrected chi connectivity index (χ0v) is 14.8. The maximum Gasteiger partial charge on any atom is 0.252 e. The highest BCUT2D eigenvalue weighted by molar-refractivity contribution is 5.93. The molecule has 6 nitrogen and oxygen atoms in total. The molecule has 1 atom stereocenters. The van der Waals surface area contributed by atoms with Gasteiger partial charge in [0.2, 0.25) is 5.95 Å². The van der Waals surface area contributed by atoms with Crippen LogP contribution in [-0.4, -0.2) is 29.1 Å². The number of hydrogen-bond acceptors (Lipinski definition) is 5. The third-order valence-electron chi connectivity index (χ3n) is 4.98. The predicted octanol–water partition coefficient (Wildman–Crippen LogP) is 2.71. The lowest BCUT2D eigenvalue weighted by Gasteiger charge is -2.19. The van der Waals surface area contributed by atoms with Crippen LogP contribution < -0.4 is 11.5 Å². The summed E-state index contributed by atoms with van der Waals surface area (Å²) in [5.41, 5.74) is 11.9. The Labute approximate surface area is 144 Å². The fraction of sp³-hybridized carbons (Fsp3) is 0.722. The van der Waals surface area contributed by atoms with Gasteiger partial charge in [-0.05, 0) is 43.9 Å². The van der Waals surface area contributed by atoms with Crippen LogP contribution in [-0.2, 0) is 11.2 Å². The number of hydrogen-bond donors (Lipinski definition) is 2. The maximum atomic E-state index is 11.2. The zero-order valence-electron chi connectivity index (χ0n) is 14.8. The van der Waals surface area contributed by atoms with Gasteiger partial charge in [-0.3, -0.25) is 4.79 Å². The second-order valence-electron chi connectivity index (χ2n) is 6.97. The second kappa shape index (κ2) is 8.97. The topological polar surface area (TPSA) is 104 Å². The second-order valence-corrected chi connectivity index (χ2v) is 6.97. The molecule has 2 fully saturated rings. The van der Waals surface area contributed by atoms with Gasteiger partial charge >= 0.3 is 0 Å². The SMILES string of the molecule is COC1CCCCC1.C[C@@H](Cc1nc(N)ncc1C(N)=O)C1CC1. The van der Waals surface area contributed by atoms with Crippen molar-refractivity contribution in [3.05, 3.63) is 17.5 Å². The monoisotopic (exact) mass is 334 g/mol. The molecule has 134 valence electrons. The molecule has 0 saturated heterocycles. The summed E-state index contributed by atoms with van der Waals surface area (Å²) in [4.78, 5) is 19.1. The summed E-state index contributed by atoms with van der Waals surface area (Å²) in [5.74, 6) is 0.991. The molecule has 6 heteroatoms. The van der Waals surface area contributed by atoms with E-state index in [2.05, 4.69) is 16.9 Å². The lowest BCUT2D eigenvalue weighted by molar-refractivity contribution is 0.0710. The third-order valence-corrected chi connectivity index (χ3v) is 4.98. The first-order valence-corrected chi connectivity index (χ1v) is 8.95. The number of primary amides is 1. The van der Waals surface area contributed by atoms with Gasteiger partial charge < -0.3 is 16.2 Å². The van der Waals surface area contributed by atoms with Crippen LogP contribution in [0.2, 0.25) is 0 Å². The van der Waals surface area contributed by atoms with E-state index in [1.807, 2.05) is 7.11 Å². The van der Waals surface area contributed by atoms with E-state index in [0.717, 1.165) is 12.3 Å². The van der Waals surface area contributed by atoms with Crippen molar-refractivity contribution in [3.8, 4) is 0 Å². The van der Waals surface area contributed by atoms with Gasteiger partial charge in [0.1, 0.15) is 0 Å². The molecule has 2 aliphatic rings. The molecule has 2 aliphatic carbocycles. The van der Waals surface area contributed by atoms with Crippen molar-refractivity contribution in [2.45, 2.75) is 64.4 Å². The van der Waals surface area contributed by atoms with Crippen LogP contribution in [0.25, 0.3) is 0 Å². The van der Waals surface area contributed by atoms with E-state index in [-0.39, 0.29) is 5.95 Å². The Morgan fingerprint density at radius 2 is 1.96 bits per heavy atom. The first kappa shape index (κ1) is 18.6. The molecule has 1 heterocycles. The van der Waals surface area contributed by atoms with Crippen molar-refractivity contribution < 1.29 is 9.53 Å². The van der Waals surface area contributed by atoms with Crippen molar-refractivity contribution in [1.82, 2.24) is 9.97 Å². The Bertz CT molecular complexity index is 540. The van der Waals surface area contributed by atoms with Gasteiger partial charge in [-0.2, -0.15) is 0 Å². The summed E-state index contributed by atoms with van der Waals surface area (Å²) in [6.45, 7) is 2.17. The number of nitrogens with zero attached hydrogens (tertiary/aromatic N) is 2. The van der Waals surface area contributed by atoms with Crippen molar-refractivity contribution in [1.29, 1.82) is 0 Å². The quantitative estimate of drug-likeness (QED) is 0.861. The molecular formula is C18H30N4O2. The lowest BCUT2D eigenvalue weighted by atomic mass is 9.98. The number of carbonyl (C=O) groups is 1. The van der Waals surface area contributed by atoms with E-state index in [4.69, 9.17) is 16.2 Å². The Hall–Kier alpha value is -1.69. The summed E-state index contributed by atoms with van der Waals surface area (Å²) >= 11 is 0. The lowest BCUT2D eigenvalue weighted by Crippen LogP contribution is -2.18. The van der Waals surface area contributed by atoms with Crippen LogP contribution in [0.3, 0.4) is 0 Å². The molecule has 1 aromatic rings. The average molecular weight is 334 g/mol. The van der Waals surface area contributed by atoms with Crippen molar-refractivity contribution in [2.75, 3.05) is 12.8 Å². The molecule has 0 aliphatic heterocycles. The number of ether oxygens (including phenoxy) is 1. The highest BCUT2D eigenvalue weighted by atomic mass is 16.5. The number of anilines is 1. The highest BCUT2D eigenvalue weighted by Gasteiger charge is 2.29. The zero-order chi connectivity index (χ0) is 17.5. The highest BCUT2D eigenvalue weighted by Crippen LogP contribution is 2.38. The van der Waals surface area contributed by atoms with Crippen molar-refractivity contribution in [3.63, 3.8) is 0 Å². The normalized spacial score (nSPS) is 19.2. The van der Waals surface area contributed by atoms with Gasteiger partial charge in [0, 0.05) is 13.3 Å². The van der Waals surface area contributed by atoms with Crippen molar-refractivity contribution >= 4 is 11.9 Å². The van der Waals surface area contributed by atoms with E-state index in [0.29, 0.717) is 23.3 Å². The summed E-state index contributed by atoms with van der Waals surface area (Å²) in [7, 11) is 1.82. The predicted molar refractivity (Wildman–Crippen MR) is 94.4 cm³/mol. The summed E-state index contributed by atoms with van der Waals surface area (Å²) in [6, 6.07) is 0. The van der Waals surface area contributed by atoms with Gasteiger partial charge in [-0.15, -0.1) is 0 Å². The number of rotatable bonds is 5. The van der Waals surface area contributed by atoms with E-state index in [9.17, 15) is 4.79 Å². The molecule has 0 aromatic carbocycles. The molecule has 0 bridgehead atoms. The number of nitrogens with two attached hydrogens (primary N) is 2. The van der Waals surface area contributed by atoms with E-state index < -0.39 is 5.91 Å². The molecular weight excluding hydrogens is 304 g/mol. The fourth-order valence-corrected chi connectivity index (χ4v) is 3.23. The van der Waals surface area contributed by atoms with Crippen LogP contribution in [0.4, 0.5) is 5.95 Å². The molecule has 3 rings (SSSR count). The summed E-state index contributed by atoms with van der Waals surface area (Å²) < 4.78 is 5.19. The standard InChI is InChI=1S/C11H16N4O.C7H14O/c1-6(7-2-3-7)4-9-8(10(12)16)5-14-11(13)15-9;1-8-7-5-3-2-4-6-7/h5-7H,2-4H2,1H3,(H2,12,16)(H2,13,14,15);7H,2-6H2,1H3/t6-;/m0./s1. The summed E-state index contributed by atoms with van der Waals surface area (Å²) in [5, 5.41) is 0. The maximum absolute atomic E-state index is 11.2. The first-order chi connectivity index (χ1) is 11.5. The third kappa shape index (κ3) is 5.74. The summed E-state index contributed by atoms with van der Waals surface area (Å²) in [6.07, 6.45) is 12.0. The fourth-order valence-electron chi connectivity index (χ4n) is 3.23. The molecule has 1 aromatic heterocycles. The first-order valence-electron chi connectivity index (χ1n) is 8.95. The number of carbonyl (C=O) groups excluding carboxylic acids is 1. The van der Waals surface area contributed by atoms with Gasteiger partial charge in [0.25, 0.3) is 5.91 Å². The number of aromatic nitrogens is 2. The Kier molecular flexibility index (Phi) is 6.97.